The molecule has 0 aromatic carbocycles. The number of rotatable bonds is 5. The molecule has 0 bridgehead atoms. The van der Waals surface area contributed by atoms with E-state index < -0.39 is 30.3 Å². The van der Waals surface area contributed by atoms with E-state index in [1.807, 2.05) is 0 Å². The third kappa shape index (κ3) is 8.06. The maximum Gasteiger partial charge on any atom is 0.240 e. The quantitative estimate of drug-likeness (QED) is 0.259. The van der Waals surface area contributed by atoms with Crippen LogP contribution in [0.1, 0.15) is 6.92 Å². The molecule has 16 heavy (non-hydrogen) atoms. The monoisotopic (exact) mass is 235 g/mol. The first-order valence-corrected chi connectivity index (χ1v) is 4.37. The molecule has 0 unspecified atom stereocenters. The number of carbonyl (C=O) groups is 2. The minimum absolute atomic E-state index is 0.0935. The highest BCUT2D eigenvalue weighted by Crippen LogP contribution is 2.02. The van der Waals surface area contributed by atoms with E-state index in [0.29, 0.717) is 0 Å². The van der Waals surface area contributed by atoms with Crippen LogP contribution in [0.5, 0.6) is 0 Å². The van der Waals surface area contributed by atoms with E-state index >= 15 is 0 Å². The number of amides is 1. The molecule has 0 saturated carbocycles. The lowest BCUT2D eigenvalue weighted by Gasteiger charge is -2.21. The number of aliphatic hydroxyl groups is 4. The predicted octanol–water partition coefficient (Wildman–Crippen LogP) is -2.69. The molecule has 0 radical (unpaired) electrons. The van der Waals surface area contributed by atoms with Crippen LogP contribution >= 0.6 is 0 Å². The molecular formula is C9H17NO6. The summed E-state index contributed by atoms with van der Waals surface area (Å²) < 4.78 is 0. The van der Waals surface area contributed by atoms with Crippen LogP contribution in [0.15, 0.2) is 12.7 Å². The molecule has 0 heterocycles. The molecule has 7 nitrogen and oxygen atoms in total. The van der Waals surface area contributed by atoms with E-state index in [4.69, 9.17) is 20.4 Å². The van der Waals surface area contributed by atoms with Gasteiger partial charge >= 0.3 is 0 Å². The van der Waals surface area contributed by atoms with Gasteiger partial charge in [0.25, 0.3) is 0 Å². The van der Waals surface area contributed by atoms with Crippen LogP contribution in [-0.2, 0) is 9.59 Å². The average molecular weight is 235 g/mol. The molecule has 0 spiro atoms. The number of hydrogen-bond acceptors (Lipinski definition) is 6. The zero-order chi connectivity index (χ0) is 13.3. The molecule has 0 aromatic rings. The van der Waals surface area contributed by atoms with Gasteiger partial charge in [-0.25, -0.2) is 0 Å². The fraction of sp³-hybridized carbons (Fsp3) is 0.556. The lowest BCUT2D eigenvalue weighted by molar-refractivity contribution is -0.132. The first kappa shape index (κ1) is 17.1. The lowest BCUT2D eigenvalue weighted by atomic mass is 10.1. The summed E-state index contributed by atoms with van der Waals surface area (Å²) in [7, 11) is 0. The topological polar surface area (TPSA) is 141 Å². The number of aldehydes is 1. The number of nitrogens with two attached hydrogens (primary N) is 1. The van der Waals surface area contributed by atoms with E-state index in [-0.39, 0.29) is 6.29 Å². The molecule has 1 amide bonds. The van der Waals surface area contributed by atoms with E-state index in [9.17, 15) is 9.59 Å². The molecule has 0 saturated heterocycles. The second-order valence-corrected chi connectivity index (χ2v) is 2.95. The smallest absolute Gasteiger partial charge is 0.240 e. The van der Waals surface area contributed by atoms with Crippen molar-refractivity contribution in [1.29, 1.82) is 0 Å². The fourth-order valence-electron chi connectivity index (χ4n) is 0.568. The highest BCUT2D eigenvalue weighted by molar-refractivity contribution is 5.84. The third-order valence-corrected chi connectivity index (χ3v) is 1.53. The van der Waals surface area contributed by atoms with Gasteiger partial charge in [-0.2, -0.15) is 0 Å². The SMILES string of the molecule is C=CC(N)=O.C[C@H](O)[C@@H](O)[C@@H](O)[C@H](O)C=O. The van der Waals surface area contributed by atoms with Crippen molar-refractivity contribution in [2.24, 2.45) is 5.73 Å². The standard InChI is InChI=1S/C6H12O5.C3H5NO/c1-3(8)5(10)6(11)4(9)2-7;1-2-3(4)5/h2-6,8-11H,1H3;2H,1H2,(H2,4,5)/t3-,4+,5+,6-;/m0./s1. The minimum Gasteiger partial charge on any atom is -0.391 e. The second kappa shape index (κ2) is 8.98. The summed E-state index contributed by atoms with van der Waals surface area (Å²) in [5, 5.41) is 35.1. The van der Waals surface area contributed by atoms with E-state index in [0.717, 1.165) is 6.08 Å². The summed E-state index contributed by atoms with van der Waals surface area (Å²) in [5.74, 6) is -0.481. The van der Waals surface area contributed by atoms with Crippen LogP contribution in [-0.4, -0.2) is 57.0 Å². The summed E-state index contributed by atoms with van der Waals surface area (Å²) in [6.07, 6.45) is -4.82. The van der Waals surface area contributed by atoms with Crippen LogP contribution < -0.4 is 5.73 Å². The van der Waals surface area contributed by atoms with Gasteiger partial charge < -0.3 is 31.0 Å². The van der Waals surface area contributed by atoms with Crippen molar-refractivity contribution in [3.8, 4) is 0 Å². The van der Waals surface area contributed by atoms with Gasteiger partial charge in [0.15, 0.2) is 6.29 Å². The molecule has 6 N–H and O–H groups in total. The zero-order valence-electron chi connectivity index (χ0n) is 8.85. The van der Waals surface area contributed by atoms with Crippen LogP contribution in [0.2, 0.25) is 0 Å². The lowest BCUT2D eigenvalue weighted by Crippen LogP contribution is -2.43. The Labute approximate surface area is 92.8 Å². The Morgan fingerprint density at radius 2 is 1.62 bits per heavy atom. The molecule has 0 fully saturated rings. The predicted molar refractivity (Wildman–Crippen MR) is 55.2 cm³/mol. The van der Waals surface area contributed by atoms with E-state index in [2.05, 4.69) is 12.3 Å². The van der Waals surface area contributed by atoms with Crippen molar-refractivity contribution in [3.05, 3.63) is 12.7 Å². The van der Waals surface area contributed by atoms with E-state index in [1.165, 1.54) is 6.92 Å². The molecular weight excluding hydrogens is 218 g/mol. The normalized spacial score (nSPS) is 17.1. The van der Waals surface area contributed by atoms with Crippen LogP contribution in [0.4, 0.5) is 0 Å². The van der Waals surface area contributed by atoms with Crippen molar-refractivity contribution in [2.75, 3.05) is 0 Å². The van der Waals surface area contributed by atoms with Crippen molar-refractivity contribution < 1.29 is 30.0 Å². The van der Waals surface area contributed by atoms with Crippen LogP contribution in [0, 0.1) is 0 Å². The Balaban J connectivity index is 0. The second-order valence-electron chi connectivity index (χ2n) is 2.95. The number of carbonyl (C=O) groups excluding carboxylic acids is 2. The maximum absolute atomic E-state index is 9.87. The summed E-state index contributed by atoms with van der Waals surface area (Å²) in [6.45, 7) is 4.33. The summed E-state index contributed by atoms with van der Waals surface area (Å²) in [5.41, 5.74) is 4.53. The van der Waals surface area contributed by atoms with Gasteiger partial charge in [-0.15, -0.1) is 0 Å². The average Bonchev–Trinajstić information content (AvgIpc) is 2.26. The third-order valence-electron chi connectivity index (χ3n) is 1.53. The molecule has 0 aliphatic rings. The Kier molecular flexibility index (Phi) is 9.61. The molecule has 0 aliphatic carbocycles. The summed E-state index contributed by atoms with van der Waals surface area (Å²) in [6, 6.07) is 0. The first-order chi connectivity index (χ1) is 7.27. The van der Waals surface area contributed by atoms with Gasteiger partial charge in [0.05, 0.1) is 6.10 Å². The number of aliphatic hydroxyl groups excluding tert-OH is 4. The molecule has 94 valence electrons. The summed E-state index contributed by atoms with van der Waals surface area (Å²) in [4.78, 5) is 19.3. The molecule has 4 atom stereocenters. The van der Waals surface area contributed by atoms with Crippen molar-refractivity contribution in [1.82, 2.24) is 0 Å². The molecule has 0 aliphatic heterocycles. The van der Waals surface area contributed by atoms with Gasteiger partial charge in [-0.1, -0.05) is 6.58 Å². The molecule has 0 aromatic heterocycles. The van der Waals surface area contributed by atoms with Crippen molar-refractivity contribution >= 4 is 12.2 Å². The Bertz CT molecular complexity index is 230. The largest absolute Gasteiger partial charge is 0.391 e. The Morgan fingerprint density at radius 3 is 1.81 bits per heavy atom. The van der Waals surface area contributed by atoms with Gasteiger partial charge in [0.1, 0.15) is 18.3 Å². The van der Waals surface area contributed by atoms with Gasteiger partial charge in [0, 0.05) is 0 Å². The van der Waals surface area contributed by atoms with Gasteiger partial charge in [0.2, 0.25) is 5.91 Å². The van der Waals surface area contributed by atoms with Crippen molar-refractivity contribution in [3.63, 3.8) is 0 Å². The first-order valence-electron chi connectivity index (χ1n) is 4.37. The number of primary amides is 1. The summed E-state index contributed by atoms with van der Waals surface area (Å²) >= 11 is 0. The highest BCUT2D eigenvalue weighted by atomic mass is 16.4. The maximum atomic E-state index is 9.87. The fourth-order valence-corrected chi connectivity index (χ4v) is 0.568. The Hall–Kier alpha value is -1.28. The molecule has 7 heteroatoms. The molecule has 0 rings (SSSR count). The highest BCUT2D eigenvalue weighted by Gasteiger charge is 2.27. The minimum atomic E-state index is -1.65. The van der Waals surface area contributed by atoms with Crippen molar-refractivity contribution in [2.45, 2.75) is 31.3 Å². The van der Waals surface area contributed by atoms with E-state index in [1.54, 1.807) is 0 Å². The van der Waals surface area contributed by atoms with Crippen LogP contribution in [0.25, 0.3) is 0 Å². The Morgan fingerprint density at radius 1 is 1.25 bits per heavy atom. The van der Waals surface area contributed by atoms with Crippen LogP contribution in [0.3, 0.4) is 0 Å². The van der Waals surface area contributed by atoms with Gasteiger partial charge in [-0.05, 0) is 13.0 Å². The van der Waals surface area contributed by atoms with Gasteiger partial charge in [-0.3, -0.25) is 4.79 Å². The number of hydrogen-bond donors (Lipinski definition) is 5. The zero-order valence-corrected chi connectivity index (χ0v) is 8.85.